The van der Waals surface area contributed by atoms with Crippen molar-refractivity contribution in [1.82, 2.24) is 0 Å². The Morgan fingerprint density at radius 1 is 0.833 bits per heavy atom. The van der Waals surface area contributed by atoms with Crippen LogP contribution in [0.2, 0.25) is 0 Å². The highest BCUT2D eigenvalue weighted by molar-refractivity contribution is 5.33. The van der Waals surface area contributed by atoms with E-state index >= 15 is 0 Å². The monoisotopic (exact) mass is 259 g/mol. The lowest BCUT2D eigenvalue weighted by molar-refractivity contribution is 0.361. The van der Waals surface area contributed by atoms with Gasteiger partial charge < -0.3 is 4.74 Å². The summed E-state index contributed by atoms with van der Waals surface area (Å²) >= 11 is 0. The Hall–Kier alpha value is -2.11. The lowest BCUT2D eigenvalue weighted by Gasteiger charge is -2.08. The van der Waals surface area contributed by atoms with Gasteiger partial charge in [-0.3, -0.25) is 0 Å². The molecule has 93 valence electrons. The van der Waals surface area contributed by atoms with E-state index in [0.29, 0.717) is 0 Å². The first-order chi connectivity index (χ1) is 8.50. The summed E-state index contributed by atoms with van der Waals surface area (Å²) in [5.41, 5.74) is 0. The fourth-order valence-electron chi connectivity index (χ4n) is 1.21. The van der Waals surface area contributed by atoms with E-state index < -0.39 is 40.6 Å². The van der Waals surface area contributed by atoms with Crippen LogP contribution in [0.4, 0.5) is 22.0 Å². The van der Waals surface area contributed by atoms with E-state index in [2.05, 4.69) is 4.74 Å². The maximum absolute atomic E-state index is 13.2. The smallest absolute Gasteiger partial charge is 0.205 e. The highest BCUT2D eigenvalue weighted by Crippen LogP contribution is 2.29. The molecular weight excluding hydrogens is 255 g/mol. The van der Waals surface area contributed by atoms with Gasteiger partial charge in [0.1, 0.15) is 0 Å². The molecule has 0 aliphatic heterocycles. The first-order valence-electron chi connectivity index (χ1n) is 4.68. The number of rotatable bonds is 2. The van der Waals surface area contributed by atoms with Gasteiger partial charge in [-0.1, -0.05) is 12.1 Å². The van der Waals surface area contributed by atoms with Crippen LogP contribution in [0, 0.1) is 35.2 Å². The molecule has 0 atom stereocenters. The first kappa shape index (κ1) is 12.3. The van der Waals surface area contributed by atoms with Gasteiger partial charge in [-0.2, -0.15) is 4.39 Å². The van der Waals surface area contributed by atoms with Crippen molar-refractivity contribution in [3.63, 3.8) is 0 Å². The van der Waals surface area contributed by atoms with Crippen molar-refractivity contribution < 1.29 is 26.7 Å². The largest absolute Gasteiger partial charge is 0.450 e. The number of hydrogen-bond acceptors (Lipinski definition) is 1. The summed E-state index contributed by atoms with van der Waals surface area (Å²) in [5.74, 6) is -9.96. The van der Waals surface area contributed by atoms with E-state index in [1.807, 2.05) is 0 Å². The average Bonchev–Trinajstić information content (AvgIpc) is 2.36. The molecule has 2 rings (SSSR count). The summed E-state index contributed by atoms with van der Waals surface area (Å²) in [6, 6.07) is 6.34. The molecule has 0 bridgehead atoms. The highest BCUT2D eigenvalue weighted by Gasteiger charge is 2.21. The molecule has 0 amide bonds. The summed E-state index contributed by atoms with van der Waals surface area (Å²) in [6.07, 6.45) is 0. The average molecular weight is 259 g/mol. The van der Waals surface area contributed by atoms with Crippen molar-refractivity contribution in [1.29, 1.82) is 0 Å². The van der Waals surface area contributed by atoms with Gasteiger partial charge in [0, 0.05) is 0 Å². The molecule has 0 aliphatic rings. The predicted octanol–water partition coefficient (Wildman–Crippen LogP) is 3.97. The van der Waals surface area contributed by atoms with E-state index in [-0.39, 0.29) is 0 Å². The third-order valence-electron chi connectivity index (χ3n) is 2.05. The number of ether oxygens (including phenoxy) is 1. The van der Waals surface area contributed by atoms with Gasteiger partial charge in [0.25, 0.3) is 0 Å². The Morgan fingerprint density at radius 3 is 2.17 bits per heavy atom. The molecule has 0 spiro atoms. The Balaban J connectivity index is 2.45. The van der Waals surface area contributed by atoms with Gasteiger partial charge in [-0.15, -0.1) is 0 Å². The standard InChI is InChI=1S/C12H4F5O/c13-6-3-1-2-4-8(6)18-9-5-7(14)10(15)12(17)11(9)16/h1-4H. The minimum atomic E-state index is -2.04. The van der Waals surface area contributed by atoms with Crippen molar-refractivity contribution in [2.75, 3.05) is 0 Å². The Morgan fingerprint density at radius 2 is 1.50 bits per heavy atom. The zero-order valence-electron chi connectivity index (χ0n) is 8.61. The minimum absolute atomic E-state index is 0.460. The summed E-state index contributed by atoms with van der Waals surface area (Å²) < 4.78 is 69.3. The Labute approximate surface area is 98.4 Å². The Kier molecular flexibility index (Phi) is 3.18. The van der Waals surface area contributed by atoms with Crippen LogP contribution < -0.4 is 4.74 Å². The summed E-state index contributed by atoms with van der Waals surface area (Å²) in [7, 11) is 0. The van der Waals surface area contributed by atoms with Crippen molar-refractivity contribution in [2.45, 2.75) is 0 Å². The lowest BCUT2D eigenvalue weighted by atomic mass is 10.3. The third-order valence-corrected chi connectivity index (χ3v) is 2.05. The van der Waals surface area contributed by atoms with Gasteiger partial charge in [0.15, 0.2) is 29.0 Å². The summed E-state index contributed by atoms with van der Waals surface area (Å²) in [4.78, 5) is 0. The number of hydrogen-bond donors (Lipinski definition) is 0. The molecular formula is C12H4F5O. The molecule has 2 aromatic carbocycles. The predicted molar refractivity (Wildman–Crippen MR) is 51.6 cm³/mol. The molecule has 1 radical (unpaired) electrons. The van der Waals surface area contributed by atoms with E-state index in [1.165, 1.54) is 18.2 Å². The third kappa shape index (κ3) is 2.13. The first-order valence-corrected chi connectivity index (χ1v) is 4.68. The fourth-order valence-corrected chi connectivity index (χ4v) is 1.21. The molecule has 0 heterocycles. The van der Waals surface area contributed by atoms with Crippen molar-refractivity contribution in [3.05, 3.63) is 59.4 Å². The molecule has 1 nitrogen and oxygen atoms in total. The second-order valence-corrected chi connectivity index (χ2v) is 3.24. The van der Waals surface area contributed by atoms with Crippen molar-refractivity contribution in [2.24, 2.45) is 0 Å². The second kappa shape index (κ2) is 4.64. The van der Waals surface area contributed by atoms with E-state index in [4.69, 9.17) is 0 Å². The second-order valence-electron chi connectivity index (χ2n) is 3.24. The van der Waals surface area contributed by atoms with Crippen molar-refractivity contribution in [3.8, 4) is 11.5 Å². The molecule has 2 aromatic rings. The van der Waals surface area contributed by atoms with Crippen LogP contribution in [0.5, 0.6) is 11.5 Å². The SMILES string of the molecule is Fc1[c]c(Oc2ccccc2F)c(F)c(F)c1F. The molecule has 0 saturated heterocycles. The lowest BCUT2D eigenvalue weighted by Crippen LogP contribution is -2.00. The molecule has 0 aliphatic carbocycles. The van der Waals surface area contributed by atoms with Crippen LogP contribution in [-0.4, -0.2) is 0 Å². The highest BCUT2D eigenvalue weighted by atomic mass is 19.2. The summed E-state index contributed by atoms with van der Waals surface area (Å²) in [5, 5.41) is 0. The van der Waals surface area contributed by atoms with Gasteiger partial charge in [0.2, 0.25) is 11.6 Å². The summed E-state index contributed by atoms with van der Waals surface area (Å²) in [6.45, 7) is 0. The number of benzene rings is 2. The Bertz CT molecular complexity index is 597. The van der Waals surface area contributed by atoms with Gasteiger partial charge in [-0.25, -0.2) is 17.6 Å². The van der Waals surface area contributed by atoms with Crippen LogP contribution in [0.3, 0.4) is 0 Å². The molecule has 18 heavy (non-hydrogen) atoms. The molecule has 0 unspecified atom stereocenters. The van der Waals surface area contributed by atoms with Crippen LogP contribution in [0.25, 0.3) is 0 Å². The maximum atomic E-state index is 13.2. The van der Waals surface area contributed by atoms with Crippen LogP contribution in [0.15, 0.2) is 24.3 Å². The minimum Gasteiger partial charge on any atom is -0.450 e. The molecule has 0 aromatic heterocycles. The fraction of sp³-hybridized carbons (Fsp3) is 0. The van der Waals surface area contributed by atoms with E-state index in [9.17, 15) is 22.0 Å². The maximum Gasteiger partial charge on any atom is 0.205 e. The number of para-hydroxylation sites is 1. The topological polar surface area (TPSA) is 9.23 Å². The number of halogens is 5. The van der Waals surface area contributed by atoms with Gasteiger partial charge in [-0.05, 0) is 12.1 Å². The van der Waals surface area contributed by atoms with E-state index in [0.717, 1.165) is 12.1 Å². The van der Waals surface area contributed by atoms with Gasteiger partial charge >= 0.3 is 0 Å². The zero-order chi connectivity index (χ0) is 13.3. The van der Waals surface area contributed by atoms with Crippen LogP contribution >= 0.6 is 0 Å². The van der Waals surface area contributed by atoms with Gasteiger partial charge in [0.05, 0.1) is 6.07 Å². The quantitative estimate of drug-likeness (QED) is 0.450. The molecule has 6 heteroatoms. The molecule has 0 saturated carbocycles. The van der Waals surface area contributed by atoms with Crippen molar-refractivity contribution >= 4 is 0 Å². The zero-order valence-corrected chi connectivity index (χ0v) is 8.61. The van der Waals surface area contributed by atoms with Crippen LogP contribution in [-0.2, 0) is 0 Å². The molecule has 0 fully saturated rings. The molecule has 0 N–H and O–H groups in total. The normalized spacial score (nSPS) is 10.5. The van der Waals surface area contributed by atoms with Crippen LogP contribution in [0.1, 0.15) is 0 Å². The van der Waals surface area contributed by atoms with E-state index in [1.54, 1.807) is 0 Å².